The van der Waals surface area contributed by atoms with Crippen LogP contribution in [0.1, 0.15) is 16.7 Å². The van der Waals surface area contributed by atoms with Crippen molar-refractivity contribution < 1.29 is 4.79 Å². The number of carbonyl (C=O) groups is 1. The molecule has 0 unspecified atom stereocenters. The molecular formula is C20H18N2OS. The number of hydrogen-bond acceptors (Lipinski definition) is 3. The molecule has 0 spiro atoms. The number of benzene rings is 2. The topological polar surface area (TPSA) is 41.5 Å². The minimum absolute atomic E-state index is 0.110. The SMILES string of the molecule is Cc1ccc(N=C2NC(=O)/C(=C/C=C\c3ccccc3)S2)c(C)c1. The number of aryl methyl sites for hydroxylation is 2. The molecule has 3 nitrogen and oxygen atoms in total. The molecule has 2 aromatic rings. The van der Waals surface area contributed by atoms with E-state index in [1.54, 1.807) is 0 Å². The predicted octanol–water partition coefficient (Wildman–Crippen LogP) is 4.75. The first-order chi connectivity index (χ1) is 11.6. The Labute approximate surface area is 146 Å². The summed E-state index contributed by atoms with van der Waals surface area (Å²) < 4.78 is 0. The second-order valence-electron chi connectivity index (χ2n) is 5.56. The standard InChI is InChI=1S/C20H18N2OS/c1-14-11-12-17(15(2)13-14)21-20-22-19(23)18(24-20)10-6-9-16-7-4-3-5-8-16/h3-13H,1-2H3,(H,21,22,23)/b9-6-,18-10-. The van der Waals surface area contributed by atoms with E-state index in [2.05, 4.69) is 23.3 Å². The van der Waals surface area contributed by atoms with Gasteiger partial charge < -0.3 is 5.32 Å². The van der Waals surface area contributed by atoms with Crippen LogP contribution < -0.4 is 5.32 Å². The zero-order valence-corrected chi connectivity index (χ0v) is 14.4. The van der Waals surface area contributed by atoms with Gasteiger partial charge in [-0.05, 0) is 48.9 Å². The van der Waals surface area contributed by atoms with Crippen molar-refractivity contribution in [3.63, 3.8) is 0 Å². The van der Waals surface area contributed by atoms with Gasteiger partial charge in [0.1, 0.15) is 0 Å². The number of amides is 1. The van der Waals surface area contributed by atoms with Crippen molar-refractivity contribution in [2.45, 2.75) is 13.8 Å². The third kappa shape index (κ3) is 4.03. The smallest absolute Gasteiger partial charge is 0.264 e. The first kappa shape index (κ1) is 16.3. The average Bonchev–Trinajstić information content (AvgIpc) is 2.91. The van der Waals surface area contributed by atoms with Crippen molar-refractivity contribution in [3.05, 3.63) is 82.3 Å². The molecule has 1 saturated heterocycles. The van der Waals surface area contributed by atoms with Crippen LogP contribution in [0, 0.1) is 13.8 Å². The number of nitrogens with zero attached hydrogens (tertiary/aromatic N) is 1. The van der Waals surface area contributed by atoms with E-state index in [1.165, 1.54) is 17.3 Å². The van der Waals surface area contributed by atoms with E-state index in [-0.39, 0.29) is 5.91 Å². The van der Waals surface area contributed by atoms with Gasteiger partial charge in [0.15, 0.2) is 5.17 Å². The van der Waals surface area contributed by atoms with Crippen LogP contribution in [0.3, 0.4) is 0 Å². The van der Waals surface area contributed by atoms with E-state index < -0.39 is 0 Å². The summed E-state index contributed by atoms with van der Waals surface area (Å²) >= 11 is 1.36. The minimum atomic E-state index is -0.110. The Morgan fingerprint density at radius 1 is 1.08 bits per heavy atom. The highest BCUT2D eigenvalue weighted by Crippen LogP contribution is 2.28. The lowest BCUT2D eigenvalue weighted by atomic mass is 10.1. The van der Waals surface area contributed by atoms with E-state index in [4.69, 9.17) is 0 Å². The summed E-state index contributed by atoms with van der Waals surface area (Å²) in [6.07, 6.45) is 5.68. The number of hydrogen-bond donors (Lipinski definition) is 1. The first-order valence-corrected chi connectivity index (χ1v) is 8.52. The summed E-state index contributed by atoms with van der Waals surface area (Å²) in [6, 6.07) is 16.1. The number of carbonyl (C=O) groups excluding carboxylic acids is 1. The summed E-state index contributed by atoms with van der Waals surface area (Å²) in [6.45, 7) is 4.07. The fourth-order valence-electron chi connectivity index (χ4n) is 2.35. The zero-order valence-electron chi connectivity index (χ0n) is 13.6. The van der Waals surface area contributed by atoms with E-state index >= 15 is 0 Å². The number of aliphatic imine (C=N–C) groups is 1. The largest absolute Gasteiger partial charge is 0.300 e. The van der Waals surface area contributed by atoms with Gasteiger partial charge >= 0.3 is 0 Å². The lowest BCUT2D eigenvalue weighted by Crippen LogP contribution is -2.19. The zero-order chi connectivity index (χ0) is 16.9. The summed E-state index contributed by atoms with van der Waals surface area (Å²) in [4.78, 5) is 17.2. The number of nitrogens with one attached hydrogen (secondary N) is 1. The molecule has 2 aromatic carbocycles. The normalized spacial score (nSPS) is 17.8. The van der Waals surface area contributed by atoms with Gasteiger partial charge in [0.2, 0.25) is 0 Å². The highest BCUT2D eigenvalue weighted by molar-refractivity contribution is 8.18. The fourth-order valence-corrected chi connectivity index (χ4v) is 3.13. The van der Waals surface area contributed by atoms with Crippen LogP contribution >= 0.6 is 11.8 Å². The predicted molar refractivity (Wildman–Crippen MR) is 102 cm³/mol. The van der Waals surface area contributed by atoms with E-state index in [9.17, 15) is 4.79 Å². The molecule has 4 heteroatoms. The second-order valence-corrected chi connectivity index (χ2v) is 6.59. The maximum absolute atomic E-state index is 12.0. The molecule has 1 heterocycles. The molecule has 120 valence electrons. The Hall–Kier alpha value is -2.59. The van der Waals surface area contributed by atoms with Crippen molar-refractivity contribution in [1.29, 1.82) is 0 Å². The molecule has 0 atom stereocenters. The van der Waals surface area contributed by atoms with Gasteiger partial charge in [0.25, 0.3) is 5.91 Å². The molecule has 3 rings (SSSR count). The maximum Gasteiger partial charge on any atom is 0.264 e. The van der Waals surface area contributed by atoms with Crippen molar-refractivity contribution in [2.24, 2.45) is 4.99 Å². The first-order valence-electron chi connectivity index (χ1n) is 7.70. The highest BCUT2D eigenvalue weighted by Gasteiger charge is 2.23. The Balaban J connectivity index is 1.74. The molecule has 1 aliphatic rings. The molecule has 1 fully saturated rings. The maximum atomic E-state index is 12.0. The lowest BCUT2D eigenvalue weighted by molar-refractivity contribution is -0.115. The van der Waals surface area contributed by atoms with Crippen LogP contribution in [0.4, 0.5) is 5.69 Å². The van der Waals surface area contributed by atoms with Gasteiger partial charge in [-0.15, -0.1) is 0 Å². The van der Waals surface area contributed by atoms with Crippen LogP contribution in [-0.4, -0.2) is 11.1 Å². The molecule has 0 aromatic heterocycles. The fraction of sp³-hybridized carbons (Fsp3) is 0.100. The molecule has 1 aliphatic heterocycles. The summed E-state index contributed by atoms with van der Waals surface area (Å²) in [5, 5.41) is 3.43. The van der Waals surface area contributed by atoms with Crippen LogP contribution in [0.15, 0.2) is 70.6 Å². The Bertz CT molecular complexity index is 851. The monoisotopic (exact) mass is 334 g/mol. The number of rotatable bonds is 3. The minimum Gasteiger partial charge on any atom is -0.300 e. The Kier molecular flexibility index (Phi) is 4.96. The number of amidine groups is 1. The van der Waals surface area contributed by atoms with Gasteiger partial charge in [-0.3, -0.25) is 4.79 Å². The van der Waals surface area contributed by atoms with Crippen molar-refractivity contribution in [1.82, 2.24) is 5.32 Å². The van der Waals surface area contributed by atoms with E-state index in [0.717, 1.165) is 16.8 Å². The van der Waals surface area contributed by atoms with Gasteiger partial charge in [0, 0.05) is 0 Å². The highest BCUT2D eigenvalue weighted by atomic mass is 32.2. The van der Waals surface area contributed by atoms with Gasteiger partial charge in [-0.25, -0.2) is 4.99 Å². The molecular weight excluding hydrogens is 316 g/mol. The van der Waals surface area contributed by atoms with Gasteiger partial charge in [-0.1, -0.05) is 60.2 Å². The number of thioether (sulfide) groups is 1. The van der Waals surface area contributed by atoms with E-state index in [0.29, 0.717) is 10.1 Å². The Morgan fingerprint density at radius 2 is 1.88 bits per heavy atom. The Morgan fingerprint density at radius 3 is 2.62 bits per heavy atom. The molecule has 24 heavy (non-hydrogen) atoms. The quantitative estimate of drug-likeness (QED) is 0.823. The molecule has 0 bridgehead atoms. The molecule has 0 aliphatic carbocycles. The summed E-state index contributed by atoms with van der Waals surface area (Å²) in [7, 11) is 0. The molecule has 0 saturated carbocycles. The van der Waals surface area contributed by atoms with Crippen LogP contribution in [0.5, 0.6) is 0 Å². The van der Waals surface area contributed by atoms with Gasteiger partial charge in [-0.2, -0.15) is 0 Å². The molecule has 1 N–H and O–H groups in total. The number of allylic oxidation sites excluding steroid dienone is 2. The van der Waals surface area contributed by atoms with Crippen molar-refractivity contribution in [2.75, 3.05) is 0 Å². The summed E-state index contributed by atoms with van der Waals surface area (Å²) in [5.74, 6) is -0.110. The van der Waals surface area contributed by atoms with Crippen molar-refractivity contribution in [3.8, 4) is 0 Å². The average molecular weight is 334 g/mol. The van der Waals surface area contributed by atoms with Crippen molar-refractivity contribution >= 4 is 34.6 Å². The third-order valence-electron chi connectivity index (χ3n) is 3.56. The molecule has 0 radical (unpaired) electrons. The van der Waals surface area contributed by atoms with Crippen LogP contribution in [0.2, 0.25) is 0 Å². The second kappa shape index (κ2) is 7.32. The van der Waals surface area contributed by atoms with Gasteiger partial charge in [0.05, 0.1) is 10.6 Å². The summed E-state index contributed by atoms with van der Waals surface area (Å²) in [5.41, 5.74) is 4.27. The molecule has 1 amide bonds. The van der Waals surface area contributed by atoms with Crippen LogP contribution in [0.25, 0.3) is 6.08 Å². The van der Waals surface area contributed by atoms with E-state index in [1.807, 2.05) is 67.6 Å². The lowest BCUT2D eigenvalue weighted by Gasteiger charge is -2.02. The third-order valence-corrected chi connectivity index (χ3v) is 4.49. The van der Waals surface area contributed by atoms with Crippen LogP contribution in [-0.2, 0) is 4.79 Å².